The van der Waals surface area contributed by atoms with Gasteiger partial charge >= 0.3 is 6.09 Å². The molecule has 0 spiro atoms. The van der Waals surface area contributed by atoms with Crippen LogP contribution in [-0.2, 0) is 25.4 Å². The lowest BCUT2D eigenvalue weighted by molar-refractivity contribution is 0.155. The highest BCUT2D eigenvalue weighted by atomic mass is 16.5. The number of amides is 1. The maximum Gasteiger partial charge on any atom is 0.413 e. The molecule has 29 heavy (non-hydrogen) atoms. The first-order valence-corrected chi connectivity index (χ1v) is 9.07. The third kappa shape index (κ3) is 3.91. The molecule has 2 heterocycles. The van der Waals surface area contributed by atoms with E-state index >= 15 is 0 Å². The zero-order valence-electron chi connectivity index (χ0n) is 16.4. The van der Waals surface area contributed by atoms with Crippen LogP contribution in [0.5, 0.6) is 5.75 Å². The number of hydrogen-bond acceptors (Lipinski definition) is 5. The van der Waals surface area contributed by atoms with Crippen LogP contribution in [0.25, 0.3) is 22.2 Å². The molecule has 148 valence electrons. The van der Waals surface area contributed by atoms with Gasteiger partial charge in [0.1, 0.15) is 18.2 Å². The first-order chi connectivity index (χ1) is 14.0. The summed E-state index contributed by atoms with van der Waals surface area (Å²) in [6, 6.07) is 15.1. The van der Waals surface area contributed by atoms with Crippen molar-refractivity contribution in [2.24, 2.45) is 14.1 Å². The Morgan fingerprint density at radius 3 is 2.76 bits per heavy atom. The molecule has 2 aromatic heterocycles. The van der Waals surface area contributed by atoms with E-state index in [9.17, 15) is 4.79 Å². The Morgan fingerprint density at radius 2 is 1.93 bits per heavy atom. The Balaban J connectivity index is 1.43. The summed E-state index contributed by atoms with van der Waals surface area (Å²) in [5.74, 6) is 1.24. The third-order valence-electron chi connectivity index (χ3n) is 4.55. The van der Waals surface area contributed by atoms with Gasteiger partial charge in [0.15, 0.2) is 0 Å². The van der Waals surface area contributed by atoms with Gasteiger partial charge in [-0.2, -0.15) is 10.2 Å². The van der Waals surface area contributed by atoms with Gasteiger partial charge in [-0.15, -0.1) is 0 Å². The minimum Gasteiger partial charge on any atom is -0.496 e. The molecule has 0 fully saturated rings. The Labute approximate surface area is 167 Å². The highest BCUT2D eigenvalue weighted by molar-refractivity contribution is 5.85. The predicted octanol–water partition coefficient (Wildman–Crippen LogP) is 3.73. The molecule has 0 saturated heterocycles. The van der Waals surface area contributed by atoms with Crippen molar-refractivity contribution in [3.8, 4) is 17.0 Å². The predicted molar refractivity (Wildman–Crippen MR) is 110 cm³/mol. The van der Waals surface area contributed by atoms with Crippen LogP contribution in [0.15, 0.2) is 54.7 Å². The number of aryl methyl sites for hydroxylation is 2. The summed E-state index contributed by atoms with van der Waals surface area (Å²) in [7, 11) is 5.24. The summed E-state index contributed by atoms with van der Waals surface area (Å²) < 4.78 is 14.1. The van der Waals surface area contributed by atoms with Crippen molar-refractivity contribution < 1.29 is 14.3 Å². The molecule has 0 saturated carbocycles. The number of benzene rings is 2. The van der Waals surface area contributed by atoms with Crippen molar-refractivity contribution in [2.75, 3.05) is 12.4 Å². The SMILES string of the molecule is COc1ccccc1-c1cc(NC(=O)OCc2ccc3nn(C)cc3c2)n(C)n1. The van der Waals surface area contributed by atoms with Crippen molar-refractivity contribution in [1.29, 1.82) is 0 Å². The van der Waals surface area contributed by atoms with Crippen LogP contribution in [0.4, 0.5) is 10.6 Å². The second kappa shape index (κ2) is 7.67. The fourth-order valence-electron chi connectivity index (χ4n) is 3.15. The van der Waals surface area contributed by atoms with Gasteiger partial charge in [-0.05, 0) is 29.8 Å². The molecule has 8 heteroatoms. The Morgan fingerprint density at radius 1 is 1.10 bits per heavy atom. The second-order valence-electron chi connectivity index (χ2n) is 6.64. The standard InChI is InChI=1S/C21H21N5O3/c1-25-12-15-10-14(8-9-17(15)23-25)13-29-21(27)22-20-11-18(24-26(20)2)16-6-4-5-7-19(16)28-3/h4-12H,13H2,1-3H3,(H,22,27). The quantitative estimate of drug-likeness (QED) is 0.560. The van der Waals surface area contributed by atoms with Gasteiger partial charge in [0.25, 0.3) is 0 Å². The number of nitrogens with zero attached hydrogens (tertiary/aromatic N) is 4. The smallest absolute Gasteiger partial charge is 0.413 e. The molecule has 0 radical (unpaired) electrons. The van der Waals surface area contributed by atoms with Crippen LogP contribution in [0.1, 0.15) is 5.56 Å². The van der Waals surface area contributed by atoms with Crippen LogP contribution in [-0.4, -0.2) is 32.8 Å². The fourth-order valence-corrected chi connectivity index (χ4v) is 3.15. The van der Waals surface area contributed by atoms with Gasteiger partial charge in [0.05, 0.1) is 18.3 Å². The van der Waals surface area contributed by atoms with Crippen molar-refractivity contribution in [2.45, 2.75) is 6.61 Å². The van der Waals surface area contributed by atoms with E-state index in [1.54, 1.807) is 29.6 Å². The summed E-state index contributed by atoms with van der Waals surface area (Å²) in [5, 5.41) is 12.5. The molecule has 0 bridgehead atoms. The largest absolute Gasteiger partial charge is 0.496 e. The lowest BCUT2D eigenvalue weighted by Crippen LogP contribution is -2.15. The lowest BCUT2D eigenvalue weighted by atomic mass is 10.1. The van der Waals surface area contributed by atoms with E-state index < -0.39 is 6.09 Å². The van der Waals surface area contributed by atoms with E-state index in [0.29, 0.717) is 17.3 Å². The van der Waals surface area contributed by atoms with Crippen molar-refractivity contribution in [1.82, 2.24) is 19.6 Å². The third-order valence-corrected chi connectivity index (χ3v) is 4.55. The number of ether oxygens (including phenoxy) is 2. The number of methoxy groups -OCH3 is 1. The van der Waals surface area contributed by atoms with E-state index in [2.05, 4.69) is 15.5 Å². The first kappa shape index (κ1) is 18.5. The number of fused-ring (bicyclic) bond motifs is 1. The van der Waals surface area contributed by atoms with Gasteiger partial charge in [0.2, 0.25) is 0 Å². The van der Waals surface area contributed by atoms with E-state index in [0.717, 1.165) is 22.0 Å². The summed E-state index contributed by atoms with van der Waals surface area (Å²) in [6.45, 7) is 0.161. The Kier molecular flexibility index (Phi) is 4.90. The zero-order chi connectivity index (χ0) is 20.4. The monoisotopic (exact) mass is 391 g/mol. The molecular formula is C21H21N5O3. The molecule has 0 unspecified atom stereocenters. The summed E-state index contributed by atoms with van der Waals surface area (Å²) >= 11 is 0. The fraction of sp³-hybridized carbons (Fsp3) is 0.190. The van der Waals surface area contributed by atoms with Gasteiger partial charge in [-0.1, -0.05) is 18.2 Å². The molecule has 4 rings (SSSR count). The number of aromatic nitrogens is 4. The Hall–Kier alpha value is -3.81. The summed E-state index contributed by atoms with van der Waals surface area (Å²) in [6.07, 6.45) is 1.37. The van der Waals surface area contributed by atoms with Gasteiger partial charge in [-0.25, -0.2) is 4.79 Å². The minimum atomic E-state index is -0.550. The zero-order valence-corrected chi connectivity index (χ0v) is 16.4. The second-order valence-corrected chi connectivity index (χ2v) is 6.64. The molecular weight excluding hydrogens is 370 g/mol. The molecule has 1 N–H and O–H groups in total. The topological polar surface area (TPSA) is 83.2 Å². The minimum absolute atomic E-state index is 0.161. The van der Waals surface area contributed by atoms with Gasteiger partial charge in [0, 0.05) is 37.3 Å². The highest BCUT2D eigenvalue weighted by Crippen LogP contribution is 2.30. The number of nitrogens with one attached hydrogen (secondary N) is 1. The molecule has 4 aromatic rings. The van der Waals surface area contributed by atoms with Crippen LogP contribution >= 0.6 is 0 Å². The van der Waals surface area contributed by atoms with Crippen molar-refractivity contribution >= 4 is 22.8 Å². The van der Waals surface area contributed by atoms with Crippen LogP contribution in [0.3, 0.4) is 0 Å². The molecule has 1 amide bonds. The first-order valence-electron chi connectivity index (χ1n) is 9.07. The van der Waals surface area contributed by atoms with Gasteiger partial charge < -0.3 is 9.47 Å². The number of hydrogen-bond donors (Lipinski definition) is 1. The maximum absolute atomic E-state index is 12.3. The van der Waals surface area contributed by atoms with E-state index in [1.807, 2.05) is 55.7 Å². The summed E-state index contributed by atoms with van der Waals surface area (Å²) in [4.78, 5) is 12.3. The number of carbonyl (C=O) groups excluding carboxylic acids is 1. The van der Waals surface area contributed by atoms with E-state index in [-0.39, 0.29) is 6.61 Å². The number of anilines is 1. The maximum atomic E-state index is 12.3. The van der Waals surface area contributed by atoms with Crippen LogP contribution in [0.2, 0.25) is 0 Å². The van der Waals surface area contributed by atoms with E-state index in [4.69, 9.17) is 9.47 Å². The number of rotatable bonds is 5. The van der Waals surface area contributed by atoms with Crippen LogP contribution < -0.4 is 10.1 Å². The number of carbonyl (C=O) groups is 1. The average Bonchev–Trinajstić information content (AvgIpc) is 3.27. The molecule has 2 aromatic carbocycles. The van der Waals surface area contributed by atoms with Crippen molar-refractivity contribution in [3.63, 3.8) is 0 Å². The Bertz CT molecular complexity index is 1180. The molecule has 0 atom stereocenters. The summed E-state index contributed by atoms with van der Waals surface area (Å²) in [5.41, 5.74) is 3.33. The lowest BCUT2D eigenvalue weighted by Gasteiger charge is -2.07. The van der Waals surface area contributed by atoms with Crippen LogP contribution in [0, 0.1) is 0 Å². The van der Waals surface area contributed by atoms with Crippen molar-refractivity contribution in [3.05, 3.63) is 60.3 Å². The molecule has 0 aliphatic heterocycles. The van der Waals surface area contributed by atoms with E-state index in [1.165, 1.54) is 0 Å². The van der Waals surface area contributed by atoms with Gasteiger partial charge in [-0.3, -0.25) is 14.7 Å². The molecule has 0 aliphatic carbocycles. The highest BCUT2D eigenvalue weighted by Gasteiger charge is 2.14. The average molecular weight is 391 g/mol. The normalized spacial score (nSPS) is 10.9. The number of para-hydroxylation sites is 1. The molecule has 0 aliphatic rings. The molecule has 8 nitrogen and oxygen atoms in total.